The second-order valence-electron chi connectivity index (χ2n) is 4.34. The number of hydrogen-bond acceptors (Lipinski definition) is 4. The van der Waals surface area contributed by atoms with E-state index in [4.69, 9.17) is 11.2 Å². The first-order valence-electron chi connectivity index (χ1n) is 5.81. The van der Waals surface area contributed by atoms with E-state index in [1.54, 1.807) is 6.92 Å². The van der Waals surface area contributed by atoms with Crippen LogP contribution in [0.4, 0.5) is 0 Å². The fourth-order valence-electron chi connectivity index (χ4n) is 1.93. The summed E-state index contributed by atoms with van der Waals surface area (Å²) in [7, 11) is 0. The van der Waals surface area contributed by atoms with Crippen LogP contribution >= 0.6 is 0 Å². The van der Waals surface area contributed by atoms with Crippen molar-refractivity contribution < 1.29 is 14.6 Å². The maximum absolute atomic E-state index is 11.7. The molecule has 1 unspecified atom stereocenters. The predicted octanol–water partition coefficient (Wildman–Crippen LogP) is -0.745. The van der Waals surface area contributed by atoms with E-state index >= 15 is 0 Å². The molecule has 1 rings (SSSR count). The number of carbonyl (C=O) groups is 1. The molecule has 3 N–H and O–H groups in total. The Kier molecular flexibility index (Phi) is 5.42. The quantitative estimate of drug-likeness (QED) is 0.553. The lowest BCUT2D eigenvalue weighted by atomic mass is 9.90. The lowest BCUT2D eigenvalue weighted by molar-refractivity contribution is -0.123. The van der Waals surface area contributed by atoms with Crippen molar-refractivity contribution in [2.24, 2.45) is 0 Å². The number of rotatable bonds is 5. The number of terminal acetylenes is 1. The van der Waals surface area contributed by atoms with Gasteiger partial charge in [-0.25, -0.2) is 0 Å². The third-order valence-electron chi connectivity index (χ3n) is 3.03. The maximum atomic E-state index is 11.7. The summed E-state index contributed by atoms with van der Waals surface area (Å²) in [5.41, 5.74) is -0.412. The van der Waals surface area contributed by atoms with Crippen LogP contribution in [0.1, 0.15) is 19.8 Å². The highest BCUT2D eigenvalue weighted by Crippen LogP contribution is 2.20. The van der Waals surface area contributed by atoms with Crippen molar-refractivity contribution in [3.05, 3.63) is 0 Å². The van der Waals surface area contributed by atoms with Crippen molar-refractivity contribution in [3.8, 4) is 12.3 Å². The highest BCUT2D eigenvalue weighted by atomic mass is 16.5. The van der Waals surface area contributed by atoms with Crippen molar-refractivity contribution in [2.75, 3.05) is 26.4 Å². The lowest BCUT2D eigenvalue weighted by Crippen LogP contribution is -2.58. The van der Waals surface area contributed by atoms with Crippen LogP contribution < -0.4 is 10.6 Å². The Morgan fingerprint density at radius 2 is 2.24 bits per heavy atom. The van der Waals surface area contributed by atoms with Gasteiger partial charge in [0, 0.05) is 18.8 Å². The van der Waals surface area contributed by atoms with Gasteiger partial charge in [-0.3, -0.25) is 10.1 Å². The van der Waals surface area contributed by atoms with Crippen molar-refractivity contribution >= 4 is 5.91 Å². The zero-order valence-corrected chi connectivity index (χ0v) is 10.2. The molecular weight excluding hydrogens is 220 g/mol. The van der Waals surface area contributed by atoms with Gasteiger partial charge in [-0.1, -0.05) is 5.92 Å². The van der Waals surface area contributed by atoms with Crippen LogP contribution in [0.2, 0.25) is 0 Å². The minimum absolute atomic E-state index is 0.00309. The number of aliphatic hydroxyl groups excluding tert-OH is 1. The van der Waals surface area contributed by atoms with Crippen LogP contribution in [0.25, 0.3) is 0 Å². The van der Waals surface area contributed by atoms with E-state index in [1.165, 1.54) is 0 Å². The molecule has 1 aliphatic rings. The molecule has 5 nitrogen and oxygen atoms in total. The van der Waals surface area contributed by atoms with Crippen molar-refractivity contribution in [2.45, 2.75) is 31.3 Å². The highest BCUT2D eigenvalue weighted by Gasteiger charge is 2.34. The van der Waals surface area contributed by atoms with E-state index in [0.717, 1.165) is 0 Å². The molecule has 1 aliphatic heterocycles. The molecule has 1 fully saturated rings. The highest BCUT2D eigenvalue weighted by molar-refractivity contribution is 5.81. The number of aliphatic hydroxyl groups is 1. The molecule has 0 aromatic rings. The molecule has 96 valence electrons. The van der Waals surface area contributed by atoms with Crippen molar-refractivity contribution in [3.63, 3.8) is 0 Å². The Morgan fingerprint density at radius 1 is 1.59 bits per heavy atom. The summed E-state index contributed by atoms with van der Waals surface area (Å²) < 4.78 is 5.26. The van der Waals surface area contributed by atoms with Crippen LogP contribution in [-0.4, -0.2) is 49.0 Å². The summed E-state index contributed by atoms with van der Waals surface area (Å²) in [6.07, 6.45) is 6.48. The van der Waals surface area contributed by atoms with Gasteiger partial charge in [0.05, 0.1) is 19.2 Å². The van der Waals surface area contributed by atoms with Crippen LogP contribution in [0.5, 0.6) is 0 Å². The zero-order chi connectivity index (χ0) is 12.7. The second-order valence-corrected chi connectivity index (χ2v) is 4.34. The molecule has 17 heavy (non-hydrogen) atoms. The smallest absolute Gasteiger partial charge is 0.237 e. The zero-order valence-electron chi connectivity index (χ0n) is 10.2. The average molecular weight is 240 g/mol. The Morgan fingerprint density at radius 3 is 2.76 bits per heavy atom. The minimum Gasteiger partial charge on any atom is -0.394 e. The second kappa shape index (κ2) is 6.60. The van der Waals surface area contributed by atoms with Gasteiger partial charge in [0.2, 0.25) is 5.91 Å². The molecule has 1 amide bonds. The van der Waals surface area contributed by atoms with Crippen LogP contribution in [0, 0.1) is 12.3 Å². The number of hydrogen-bond donors (Lipinski definition) is 3. The molecular formula is C12H20N2O3. The molecule has 0 bridgehead atoms. The summed E-state index contributed by atoms with van der Waals surface area (Å²) in [6, 6.07) is -0.381. The largest absolute Gasteiger partial charge is 0.394 e. The lowest BCUT2D eigenvalue weighted by Gasteiger charge is -2.38. The van der Waals surface area contributed by atoms with Crippen LogP contribution in [0.3, 0.4) is 0 Å². The number of nitrogens with one attached hydrogen (secondary N) is 2. The molecule has 0 spiro atoms. The third-order valence-corrected chi connectivity index (χ3v) is 3.03. The van der Waals surface area contributed by atoms with E-state index < -0.39 is 5.54 Å². The monoisotopic (exact) mass is 240 g/mol. The maximum Gasteiger partial charge on any atom is 0.237 e. The molecule has 1 saturated heterocycles. The predicted molar refractivity (Wildman–Crippen MR) is 64.3 cm³/mol. The SMILES string of the molecule is C#CCNC(=O)C(C)NC1(CO)CCOCC1. The third kappa shape index (κ3) is 4.00. The number of ether oxygens (including phenoxy) is 1. The Balaban J connectivity index is 2.49. The van der Waals surface area contributed by atoms with Gasteiger partial charge in [-0.2, -0.15) is 0 Å². The van der Waals surface area contributed by atoms with Crippen molar-refractivity contribution in [1.82, 2.24) is 10.6 Å². The molecule has 1 atom stereocenters. The number of amides is 1. The van der Waals surface area contributed by atoms with E-state index in [0.29, 0.717) is 26.1 Å². The van der Waals surface area contributed by atoms with E-state index in [2.05, 4.69) is 16.6 Å². The van der Waals surface area contributed by atoms with Gasteiger partial charge in [0.1, 0.15) is 0 Å². The summed E-state index contributed by atoms with van der Waals surface area (Å²) in [6.45, 7) is 3.19. The van der Waals surface area contributed by atoms with Crippen LogP contribution in [-0.2, 0) is 9.53 Å². The standard InChI is InChI=1S/C12H20N2O3/c1-3-6-13-11(16)10(2)14-12(9-15)4-7-17-8-5-12/h1,10,14-15H,4-9H2,2H3,(H,13,16). The summed E-state index contributed by atoms with van der Waals surface area (Å²) >= 11 is 0. The van der Waals surface area contributed by atoms with Crippen molar-refractivity contribution in [1.29, 1.82) is 0 Å². The van der Waals surface area contributed by atoms with E-state index in [9.17, 15) is 9.90 Å². The Labute approximate surface area is 102 Å². The molecule has 5 heteroatoms. The number of carbonyl (C=O) groups excluding carboxylic acids is 1. The first-order valence-corrected chi connectivity index (χ1v) is 5.81. The van der Waals surface area contributed by atoms with Gasteiger partial charge >= 0.3 is 0 Å². The molecule has 0 aromatic carbocycles. The molecule has 0 aliphatic carbocycles. The van der Waals surface area contributed by atoms with Gasteiger partial charge < -0.3 is 15.2 Å². The van der Waals surface area contributed by atoms with Gasteiger partial charge in [0.25, 0.3) is 0 Å². The normalized spacial score (nSPS) is 20.3. The molecule has 0 radical (unpaired) electrons. The Hall–Kier alpha value is -1.09. The minimum atomic E-state index is -0.412. The van der Waals surface area contributed by atoms with Gasteiger partial charge in [0.15, 0.2) is 0 Å². The van der Waals surface area contributed by atoms with E-state index in [1.807, 2.05) is 0 Å². The molecule has 0 aromatic heterocycles. The molecule has 1 heterocycles. The van der Waals surface area contributed by atoms with Gasteiger partial charge in [-0.05, 0) is 19.8 Å². The topological polar surface area (TPSA) is 70.6 Å². The Bertz CT molecular complexity index is 293. The first-order chi connectivity index (χ1) is 8.13. The van der Waals surface area contributed by atoms with Gasteiger partial charge in [-0.15, -0.1) is 6.42 Å². The fraction of sp³-hybridized carbons (Fsp3) is 0.750. The average Bonchev–Trinajstić information content (AvgIpc) is 2.36. The summed E-state index contributed by atoms with van der Waals surface area (Å²) in [5.74, 6) is 2.20. The van der Waals surface area contributed by atoms with Crippen LogP contribution in [0.15, 0.2) is 0 Å². The summed E-state index contributed by atoms with van der Waals surface area (Å²) in [5, 5.41) is 15.3. The first kappa shape index (κ1) is 14.0. The molecule has 0 saturated carbocycles. The fourth-order valence-corrected chi connectivity index (χ4v) is 1.93. The summed E-state index contributed by atoms with van der Waals surface area (Å²) in [4.78, 5) is 11.7. The van der Waals surface area contributed by atoms with E-state index in [-0.39, 0.29) is 25.1 Å².